The van der Waals surface area contributed by atoms with Crippen molar-refractivity contribution in [2.45, 2.75) is 32.6 Å². The second kappa shape index (κ2) is 9.33. The Morgan fingerprint density at radius 1 is 1.06 bits per heavy atom. The summed E-state index contributed by atoms with van der Waals surface area (Å²) in [5.41, 5.74) is 2.29. The van der Waals surface area contributed by atoms with Crippen molar-refractivity contribution in [2.24, 2.45) is 0 Å². The van der Waals surface area contributed by atoms with Crippen LogP contribution < -0.4 is 4.74 Å². The minimum absolute atomic E-state index is 0.0537. The van der Waals surface area contributed by atoms with E-state index in [1.807, 2.05) is 6.08 Å². The van der Waals surface area contributed by atoms with Gasteiger partial charge in [0.25, 0.3) is 0 Å². The molecule has 0 radical (unpaired) electrons. The Labute approximate surface area is 189 Å². The number of hydrogen-bond donors (Lipinski definition) is 0. The molecule has 0 N–H and O–H groups in total. The summed E-state index contributed by atoms with van der Waals surface area (Å²) in [6.45, 7) is 2.09. The maximum atomic E-state index is 15.2. The van der Waals surface area contributed by atoms with E-state index in [4.69, 9.17) is 10.00 Å². The van der Waals surface area contributed by atoms with E-state index < -0.39 is 23.4 Å². The molecule has 0 aromatic heterocycles. The average Bonchev–Trinajstić information content (AvgIpc) is 3.21. The molecule has 1 aliphatic rings. The van der Waals surface area contributed by atoms with Crippen LogP contribution in [0.5, 0.6) is 5.75 Å². The van der Waals surface area contributed by atoms with Gasteiger partial charge in [0, 0.05) is 11.6 Å². The quantitative estimate of drug-likeness (QED) is 0.302. The number of esters is 1. The molecule has 0 aliphatic heterocycles. The summed E-state index contributed by atoms with van der Waals surface area (Å²) in [4.78, 5) is 12.4. The molecule has 0 amide bonds. The highest BCUT2D eigenvalue weighted by molar-refractivity contribution is 5.91. The minimum atomic E-state index is -0.799. The van der Waals surface area contributed by atoms with Crippen LogP contribution in [0.4, 0.5) is 13.2 Å². The maximum Gasteiger partial charge on any atom is 0.343 e. The summed E-state index contributed by atoms with van der Waals surface area (Å²) >= 11 is 0. The van der Waals surface area contributed by atoms with Gasteiger partial charge in [0.05, 0.1) is 16.7 Å². The number of halogens is 3. The second-order valence-corrected chi connectivity index (χ2v) is 7.92. The van der Waals surface area contributed by atoms with Crippen molar-refractivity contribution in [3.05, 3.63) is 93.8 Å². The van der Waals surface area contributed by atoms with Crippen LogP contribution in [0.1, 0.15) is 53.2 Å². The fourth-order valence-corrected chi connectivity index (χ4v) is 3.90. The highest BCUT2D eigenvalue weighted by Gasteiger charge is 2.23. The molecule has 0 saturated heterocycles. The lowest BCUT2D eigenvalue weighted by Gasteiger charge is -2.11. The Morgan fingerprint density at radius 2 is 1.82 bits per heavy atom. The van der Waals surface area contributed by atoms with E-state index >= 15 is 4.39 Å². The van der Waals surface area contributed by atoms with Crippen LogP contribution in [-0.4, -0.2) is 5.97 Å². The van der Waals surface area contributed by atoms with Crippen LogP contribution in [0.2, 0.25) is 0 Å². The van der Waals surface area contributed by atoms with Gasteiger partial charge >= 0.3 is 5.97 Å². The lowest BCUT2D eigenvalue weighted by Crippen LogP contribution is -2.08. The van der Waals surface area contributed by atoms with Crippen molar-refractivity contribution >= 4 is 12.0 Å². The molecule has 1 aliphatic carbocycles. The van der Waals surface area contributed by atoms with Crippen LogP contribution >= 0.6 is 0 Å². The van der Waals surface area contributed by atoms with Gasteiger partial charge < -0.3 is 4.74 Å². The first-order valence-electron chi connectivity index (χ1n) is 10.6. The van der Waals surface area contributed by atoms with Crippen LogP contribution in [0, 0.1) is 28.8 Å². The maximum absolute atomic E-state index is 15.2. The van der Waals surface area contributed by atoms with Gasteiger partial charge in [0.15, 0.2) is 0 Å². The highest BCUT2D eigenvalue weighted by atomic mass is 19.1. The minimum Gasteiger partial charge on any atom is -0.423 e. The first kappa shape index (κ1) is 22.3. The molecule has 166 valence electrons. The molecule has 0 atom stereocenters. The molecule has 3 aromatic rings. The molecule has 0 spiro atoms. The zero-order chi connectivity index (χ0) is 23.5. The number of unbranched alkanes of at least 4 members (excludes halogenated alkanes) is 1. The summed E-state index contributed by atoms with van der Waals surface area (Å²) in [7, 11) is 0. The van der Waals surface area contributed by atoms with E-state index in [0.29, 0.717) is 23.1 Å². The van der Waals surface area contributed by atoms with E-state index in [0.717, 1.165) is 30.9 Å². The van der Waals surface area contributed by atoms with Crippen molar-refractivity contribution in [2.75, 3.05) is 0 Å². The first-order chi connectivity index (χ1) is 15.9. The Hall–Kier alpha value is -3.85. The van der Waals surface area contributed by atoms with Gasteiger partial charge in [-0.1, -0.05) is 37.1 Å². The van der Waals surface area contributed by atoms with Crippen molar-refractivity contribution < 1.29 is 22.7 Å². The molecule has 0 unspecified atom stereocenters. The summed E-state index contributed by atoms with van der Waals surface area (Å²) in [6.07, 6.45) is 5.27. The zero-order valence-electron chi connectivity index (χ0n) is 17.9. The lowest BCUT2D eigenvalue weighted by molar-refractivity contribution is 0.0734. The molecular formula is C27H20F3NO2. The van der Waals surface area contributed by atoms with Crippen LogP contribution in [-0.2, 0) is 6.42 Å². The lowest BCUT2D eigenvalue weighted by atomic mass is 9.97. The third kappa shape index (κ3) is 4.54. The summed E-state index contributed by atoms with van der Waals surface area (Å²) in [5, 5.41) is 8.77. The molecule has 4 rings (SSSR count). The normalized spacial score (nSPS) is 12.2. The molecule has 6 heteroatoms. The number of rotatable bonds is 6. The number of nitriles is 1. The molecule has 33 heavy (non-hydrogen) atoms. The van der Waals surface area contributed by atoms with E-state index in [9.17, 15) is 13.6 Å². The van der Waals surface area contributed by atoms with E-state index in [1.165, 1.54) is 42.5 Å². The zero-order valence-corrected chi connectivity index (χ0v) is 17.9. The number of hydrogen-bond acceptors (Lipinski definition) is 3. The Morgan fingerprint density at radius 3 is 2.48 bits per heavy atom. The monoisotopic (exact) mass is 447 g/mol. The van der Waals surface area contributed by atoms with Gasteiger partial charge in [-0.3, -0.25) is 0 Å². The van der Waals surface area contributed by atoms with Crippen molar-refractivity contribution in [1.82, 2.24) is 0 Å². The van der Waals surface area contributed by atoms with Crippen LogP contribution in [0.3, 0.4) is 0 Å². The van der Waals surface area contributed by atoms with Gasteiger partial charge in [-0.05, 0) is 60.7 Å². The fraction of sp³-hybridized carbons (Fsp3) is 0.185. The van der Waals surface area contributed by atoms with Gasteiger partial charge in [-0.25, -0.2) is 18.0 Å². The predicted molar refractivity (Wildman–Crippen MR) is 119 cm³/mol. The number of allylic oxidation sites excluding steroid dienone is 1. The summed E-state index contributed by atoms with van der Waals surface area (Å²) in [5.74, 6) is -2.88. The third-order valence-electron chi connectivity index (χ3n) is 5.64. The highest BCUT2D eigenvalue weighted by Crippen LogP contribution is 2.37. The summed E-state index contributed by atoms with van der Waals surface area (Å²) < 4.78 is 48.9. The van der Waals surface area contributed by atoms with Gasteiger partial charge in [-0.2, -0.15) is 5.26 Å². The number of benzene rings is 3. The Bertz CT molecular complexity index is 1300. The molecule has 0 bridgehead atoms. The average molecular weight is 447 g/mol. The fourth-order valence-electron chi connectivity index (χ4n) is 3.90. The van der Waals surface area contributed by atoms with Gasteiger partial charge in [-0.15, -0.1) is 0 Å². The Kier molecular flexibility index (Phi) is 6.32. The SMILES string of the molecule is CCCCC1=Cc2c(cc(F)c(-c3ccc(C(=O)Oc4ccc(C#N)c(F)c4)cc3)c2F)C1. The Balaban J connectivity index is 1.56. The van der Waals surface area contributed by atoms with E-state index in [2.05, 4.69) is 6.92 Å². The van der Waals surface area contributed by atoms with Crippen molar-refractivity contribution in [1.29, 1.82) is 5.26 Å². The topological polar surface area (TPSA) is 50.1 Å². The van der Waals surface area contributed by atoms with Crippen LogP contribution in [0.15, 0.2) is 54.1 Å². The van der Waals surface area contributed by atoms with Crippen molar-refractivity contribution in [3.63, 3.8) is 0 Å². The van der Waals surface area contributed by atoms with Crippen molar-refractivity contribution in [3.8, 4) is 22.9 Å². The number of carbonyl (C=O) groups excluding carboxylic acids is 1. The number of ether oxygens (including phenoxy) is 1. The molecule has 0 saturated carbocycles. The van der Waals surface area contributed by atoms with E-state index in [1.54, 1.807) is 6.07 Å². The largest absolute Gasteiger partial charge is 0.423 e. The third-order valence-corrected chi connectivity index (χ3v) is 5.64. The standard InChI is InChI=1S/C27H20F3NO2/c1-2-3-4-16-11-20-13-24(29)25(26(30)22(20)12-16)17-5-7-18(8-6-17)27(32)33-21-10-9-19(15-31)23(28)14-21/h5-10,12-14H,2-4,11H2,1H3. The molecular weight excluding hydrogens is 427 g/mol. The molecule has 3 aromatic carbocycles. The van der Waals surface area contributed by atoms with Gasteiger partial charge in [0.1, 0.15) is 29.3 Å². The number of fused-ring (bicyclic) bond motifs is 1. The molecule has 3 nitrogen and oxygen atoms in total. The van der Waals surface area contributed by atoms with Gasteiger partial charge in [0.2, 0.25) is 0 Å². The van der Waals surface area contributed by atoms with E-state index in [-0.39, 0.29) is 22.4 Å². The van der Waals surface area contributed by atoms with Crippen LogP contribution in [0.25, 0.3) is 17.2 Å². The first-order valence-corrected chi connectivity index (χ1v) is 10.6. The smallest absolute Gasteiger partial charge is 0.343 e. The second-order valence-electron chi connectivity index (χ2n) is 7.92. The molecule has 0 fully saturated rings. The number of carbonyl (C=O) groups is 1. The molecule has 0 heterocycles. The predicted octanol–water partition coefficient (Wildman–Crippen LogP) is 6.99. The summed E-state index contributed by atoms with van der Waals surface area (Å²) in [6, 6.07) is 12.2. The number of nitrogens with zero attached hydrogens (tertiary/aromatic N) is 1.